The molecule has 0 aliphatic carbocycles. The van der Waals surface area contributed by atoms with Crippen LogP contribution in [-0.2, 0) is 4.79 Å². The molecule has 4 nitrogen and oxygen atoms in total. The number of halogens is 1. The number of rotatable bonds is 4. The molecule has 1 unspecified atom stereocenters. The number of H-pyrrole nitrogens is 1. The van der Waals surface area contributed by atoms with Crippen molar-refractivity contribution in [3.8, 4) is 0 Å². The Morgan fingerprint density at radius 3 is 2.67 bits per heavy atom. The molecule has 5 heteroatoms. The number of aromatic nitrogens is 1. The first kappa shape index (κ1) is 18.8. The molecule has 2 heterocycles. The standard InChI is InChI=1S/C19H27N3O.ClH/c1-3-10-19(2,20)18(23)22-11-8-14(9-12-22)16-13-21-17-7-5-4-6-15(16)17;/h4-7,13-14,21H,3,8-12,20H2,1-2H3;1H. The van der Waals surface area contributed by atoms with Crippen molar-refractivity contribution in [2.24, 2.45) is 5.73 Å². The lowest BCUT2D eigenvalue weighted by atomic mass is 9.87. The molecule has 1 aliphatic rings. The van der Waals surface area contributed by atoms with E-state index in [4.69, 9.17) is 5.73 Å². The van der Waals surface area contributed by atoms with Crippen LogP contribution in [0.1, 0.15) is 51.0 Å². The normalized spacial score (nSPS) is 18.2. The van der Waals surface area contributed by atoms with E-state index in [1.807, 2.05) is 11.8 Å². The Hall–Kier alpha value is -1.52. The zero-order valence-corrected chi connectivity index (χ0v) is 15.4. The number of hydrogen-bond donors (Lipinski definition) is 2. The number of nitrogens with zero attached hydrogens (tertiary/aromatic N) is 1. The minimum atomic E-state index is -0.720. The van der Waals surface area contributed by atoms with Crippen LogP contribution in [0.25, 0.3) is 10.9 Å². The molecule has 0 saturated carbocycles. The molecule has 2 aromatic rings. The van der Waals surface area contributed by atoms with Gasteiger partial charge in [-0.05, 0) is 43.7 Å². The van der Waals surface area contributed by atoms with Gasteiger partial charge in [-0.1, -0.05) is 31.5 Å². The van der Waals surface area contributed by atoms with Crippen molar-refractivity contribution in [3.05, 3.63) is 36.0 Å². The number of nitrogens with one attached hydrogen (secondary N) is 1. The van der Waals surface area contributed by atoms with E-state index in [2.05, 4.69) is 42.4 Å². The van der Waals surface area contributed by atoms with Gasteiger partial charge in [-0.15, -0.1) is 12.4 Å². The molecule has 0 radical (unpaired) electrons. The summed E-state index contributed by atoms with van der Waals surface area (Å²) in [6.07, 6.45) is 5.83. The first-order valence-corrected chi connectivity index (χ1v) is 8.67. The van der Waals surface area contributed by atoms with E-state index < -0.39 is 5.54 Å². The topological polar surface area (TPSA) is 62.1 Å². The SMILES string of the molecule is CCCC(C)(N)C(=O)N1CCC(c2c[nH]c3ccccc23)CC1.Cl. The second kappa shape index (κ2) is 7.58. The fourth-order valence-electron chi connectivity index (χ4n) is 3.81. The minimum Gasteiger partial charge on any atom is -0.361 e. The Balaban J connectivity index is 0.00000208. The third kappa shape index (κ3) is 3.60. The van der Waals surface area contributed by atoms with Crippen LogP contribution in [0.5, 0.6) is 0 Å². The molecule has 1 saturated heterocycles. The molecule has 132 valence electrons. The van der Waals surface area contributed by atoms with E-state index in [0.717, 1.165) is 38.8 Å². The van der Waals surface area contributed by atoms with Gasteiger partial charge in [0.15, 0.2) is 0 Å². The Morgan fingerprint density at radius 1 is 1.33 bits per heavy atom. The average molecular weight is 350 g/mol. The van der Waals surface area contributed by atoms with Gasteiger partial charge >= 0.3 is 0 Å². The number of amides is 1. The van der Waals surface area contributed by atoms with Crippen molar-refractivity contribution in [2.75, 3.05) is 13.1 Å². The predicted molar refractivity (Wildman–Crippen MR) is 102 cm³/mol. The molecule has 1 aliphatic heterocycles. The molecule has 1 amide bonds. The van der Waals surface area contributed by atoms with Gasteiger partial charge < -0.3 is 15.6 Å². The summed E-state index contributed by atoms with van der Waals surface area (Å²) in [5.41, 5.74) is 8.07. The van der Waals surface area contributed by atoms with Gasteiger partial charge in [0.2, 0.25) is 5.91 Å². The maximum absolute atomic E-state index is 12.6. The van der Waals surface area contributed by atoms with Gasteiger partial charge in [-0.25, -0.2) is 0 Å². The van der Waals surface area contributed by atoms with E-state index in [9.17, 15) is 4.79 Å². The first-order chi connectivity index (χ1) is 11.0. The molecule has 0 spiro atoms. The highest BCUT2D eigenvalue weighted by Gasteiger charge is 2.34. The molecule has 1 atom stereocenters. The molecular formula is C19H28ClN3O. The Labute approximate surface area is 150 Å². The number of carbonyl (C=O) groups excluding carboxylic acids is 1. The lowest BCUT2D eigenvalue weighted by Crippen LogP contribution is -2.54. The number of para-hydroxylation sites is 1. The second-order valence-corrected chi connectivity index (χ2v) is 7.02. The molecule has 0 bridgehead atoms. The monoisotopic (exact) mass is 349 g/mol. The molecule has 1 aromatic heterocycles. The van der Waals surface area contributed by atoms with Crippen LogP contribution < -0.4 is 5.73 Å². The third-order valence-electron chi connectivity index (χ3n) is 5.10. The van der Waals surface area contributed by atoms with Crippen LogP contribution in [-0.4, -0.2) is 34.4 Å². The van der Waals surface area contributed by atoms with E-state index >= 15 is 0 Å². The van der Waals surface area contributed by atoms with Gasteiger partial charge in [-0.2, -0.15) is 0 Å². The average Bonchev–Trinajstić information content (AvgIpc) is 2.98. The van der Waals surface area contributed by atoms with Crippen LogP contribution in [0.2, 0.25) is 0 Å². The number of nitrogens with two attached hydrogens (primary N) is 1. The number of fused-ring (bicyclic) bond motifs is 1. The summed E-state index contributed by atoms with van der Waals surface area (Å²) >= 11 is 0. The number of carbonyl (C=O) groups is 1. The highest BCUT2D eigenvalue weighted by atomic mass is 35.5. The Kier molecular flexibility index (Phi) is 5.94. The van der Waals surface area contributed by atoms with E-state index in [1.54, 1.807) is 0 Å². The summed E-state index contributed by atoms with van der Waals surface area (Å²) in [4.78, 5) is 17.9. The van der Waals surface area contributed by atoms with Crippen molar-refractivity contribution in [1.29, 1.82) is 0 Å². The predicted octanol–water partition coefficient (Wildman–Crippen LogP) is 3.81. The van der Waals surface area contributed by atoms with Crippen molar-refractivity contribution in [3.63, 3.8) is 0 Å². The molecule has 3 N–H and O–H groups in total. The van der Waals surface area contributed by atoms with Crippen molar-refractivity contribution < 1.29 is 4.79 Å². The van der Waals surface area contributed by atoms with Gasteiger partial charge in [0.1, 0.15) is 0 Å². The summed E-state index contributed by atoms with van der Waals surface area (Å²) < 4.78 is 0. The number of benzene rings is 1. The smallest absolute Gasteiger partial charge is 0.242 e. The fourth-order valence-corrected chi connectivity index (χ4v) is 3.81. The zero-order chi connectivity index (χ0) is 16.4. The molecule has 1 fully saturated rings. The Morgan fingerprint density at radius 2 is 2.00 bits per heavy atom. The highest BCUT2D eigenvalue weighted by Crippen LogP contribution is 2.33. The van der Waals surface area contributed by atoms with Crippen molar-refractivity contribution in [1.82, 2.24) is 9.88 Å². The first-order valence-electron chi connectivity index (χ1n) is 8.67. The third-order valence-corrected chi connectivity index (χ3v) is 5.10. The summed E-state index contributed by atoms with van der Waals surface area (Å²) in [6.45, 7) is 5.55. The fraction of sp³-hybridized carbons (Fsp3) is 0.526. The number of likely N-dealkylation sites (tertiary alicyclic amines) is 1. The van der Waals surface area contributed by atoms with Crippen LogP contribution in [0.15, 0.2) is 30.5 Å². The van der Waals surface area contributed by atoms with Crippen molar-refractivity contribution >= 4 is 29.2 Å². The number of piperidine rings is 1. The van der Waals surface area contributed by atoms with E-state index in [0.29, 0.717) is 5.92 Å². The summed E-state index contributed by atoms with van der Waals surface area (Å²) in [6, 6.07) is 8.43. The molecule has 3 rings (SSSR count). The summed E-state index contributed by atoms with van der Waals surface area (Å²) in [7, 11) is 0. The van der Waals surface area contributed by atoms with Crippen molar-refractivity contribution in [2.45, 2.75) is 51.0 Å². The largest absolute Gasteiger partial charge is 0.361 e. The zero-order valence-electron chi connectivity index (χ0n) is 14.5. The second-order valence-electron chi connectivity index (χ2n) is 7.02. The van der Waals surface area contributed by atoms with Crippen LogP contribution in [0.4, 0.5) is 0 Å². The molecule has 24 heavy (non-hydrogen) atoms. The van der Waals surface area contributed by atoms with E-state index in [1.165, 1.54) is 16.5 Å². The Bertz CT molecular complexity index is 687. The lowest BCUT2D eigenvalue weighted by molar-refractivity contribution is -0.137. The van der Waals surface area contributed by atoms with Gasteiger partial charge in [0.25, 0.3) is 0 Å². The van der Waals surface area contributed by atoms with Gasteiger partial charge in [0.05, 0.1) is 5.54 Å². The quantitative estimate of drug-likeness (QED) is 0.881. The minimum absolute atomic E-state index is 0. The molecular weight excluding hydrogens is 322 g/mol. The van der Waals surface area contributed by atoms with Crippen LogP contribution in [0, 0.1) is 0 Å². The number of aromatic amines is 1. The summed E-state index contributed by atoms with van der Waals surface area (Å²) in [5.74, 6) is 0.627. The van der Waals surface area contributed by atoms with Crippen LogP contribution >= 0.6 is 12.4 Å². The maximum Gasteiger partial charge on any atom is 0.242 e. The molecule has 1 aromatic carbocycles. The van der Waals surface area contributed by atoms with Gasteiger partial charge in [-0.3, -0.25) is 4.79 Å². The highest BCUT2D eigenvalue weighted by molar-refractivity contribution is 5.86. The number of hydrogen-bond acceptors (Lipinski definition) is 2. The summed E-state index contributed by atoms with van der Waals surface area (Å²) in [5, 5.41) is 1.31. The van der Waals surface area contributed by atoms with Crippen LogP contribution in [0.3, 0.4) is 0 Å². The van der Waals surface area contributed by atoms with E-state index in [-0.39, 0.29) is 18.3 Å². The lowest BCUT2D eigenvalue weighted by Gasteiger charge is -2.36. The maximum atomic E-state index is 12.6. The van der Waals surface area contributed by atoms with Gasteiger partial charge in [0, 0.05) is 30.2 Å².